The number of methoxy groups -OCH3 is 1. The summed E-state index contributed by atoms with van der Waals surface area (Å²) in [7, 11) is 3.51. The summed E-state index contributed by atoms with van der Waals surface area (Å²) in [5.41, 5.74) is 1.21. The van der Waals surface area contributed by atoms with Crippen LogP contribution in [0.5, 0.6) is 0 Å². The topological polar surface area (TPSA) is 62.6 Å². The van der Waals surface area contributed by atoms with Crippen molar-refractivity contribution in [2.45, 2.75) is 25.4 Å². The van der Waals surface area contributed by atoms with E-state index in [1.165, 1.54) is 5.69 Å². The van der Waals surface area contributed by atoms with Crippen molar-refractivity contribution in [3.05, 3.63) is 42.6 Å². The molecule has 1 aromatic heterocycles. The maximum Gasteiger partial charge on any atom is 0.323 e. The number of rotatable bonds is 6. The number of urea groups is 1. The number of carbonyl (C=O) groups is 1. The number of benzene rings is 1. The summed E-state index contributed by atoms with van der Waals surface area (Å²) in [6.07, 6.45) is 3.92. The fourth-order valence-electron chi connectivity index (χ4n) is 3.25. The number of aromatic nitrogens is 2. The monoisotopic (exact) mass is 357 g/mol. The highest BCUT2D eigenvalue weighted by Crippen LogP contribution is 2.22. The summed E-state index contributed by atoms with van der Waals surface area (Å²) >= 11 is 0. The van der Waals surface area contributed by atoms with Gasteiger partial charge in [-0.15, -0.1) is 0 Å². The lowest BCUT2D eigenvalue weighted by molar-refractivity contribution is 0.183. The number of hydrogen-bond donors (Lipinski definition) is 1. The number of ether oxygens (including phenoxy) is 1. The lowest BCUT2D eigenvalue weighted by atomic mass is 10.0. The van der Waals surface area contributed by atoms with Crippen molar-refractivity contribution in [1.29, 1.82) is 0 Å². The standard InChI is InChI=1S/C19H27N5O2/c1-22(19(25)20-18-10-12-24(21-18)13-14-26-2)17-9-6-11-23(15-17)16-7-4-3-5-8-16/h3-5,7-8,10,12,17H,6,9,11,13-15H2,1-2H3,(H,20,21,25). The molecular weight excluding hydrogens is 330 g/mol. The molecule has 1 unspecified atom stereocenters. The van der Waals surface area contributed by atoms with Crippen molar-refractivity contribution in [3.8, 4) is 0 Å². The number of carbonyl (C=O) groups excluding carboxylic acids is 1. The van der Waals surface area contributed by atoms with Crippen molar-refractivity contribution in [2.24, 2.45) is 0 Å². The molecule has 0 radical (unpaired) electrons. The van der Waals surface area contributed by atoms with Crippen LogP contribution in [-0.2, 0) is 11.3 Å². The first-order chi connectivity index (χ1) is 12.7. The van der Waals surface area contributed by atoms with Gasteiger partial charge in [0.25, 0.3) is 0 Å². The number of amides is 2. The number of nitrogens with zero attached hydrogens (tertiary/aromatic N) is 4. The van der Waals surface area contributed by atoms with E-state index in [1.807, 2.05) is 19.3 Å². The molecule has 2 aromatic rings. The lowest BCUT2D eigenvalue weighted by Crippen LogP contribution is -2.49. The summed E-state index contributed by atoms with van der Waals surface area (Å²) in [5.74, 6) is 0.564. The first-order valence-corrected chi connectivity index (χ1v) is 9.03. The van der Waals surface area contributed by atoms with E-state index in [2.05, 4.69) is 39.6 Å². The van der Waals surface area contributed by atoms with Gasteiger partial charge in [0.15, 0.2) is 5.82 Å². The van der Waals surface area contributed by atoms with Crippen molar-refractivity contribution in [1.82, 2.24) is 14.7 Å². The summed E-state index contributed by atoms with van der Waals surface area (Å²) in [6.45, 7) is 3.12. The van der Waals surface area contributed by atoms with E-state index in [0.717, 1.165) is 25.9 Å². The van der Waals surface area contributed by atoms with Gasteiger partial charge in [0.05, 0.1) is 19.2 Å². The number of hydrogen-bond acceptors (Lipinski definition) is 4. The van der Waals surface area contributed by atoms with E-state index >= 15 is 0 Å². The third-order valence-corrected chi connectivity index (χ3v) is 4.79. The molecule has 1 aliphatic heterocycles. The highest BCUT2D eigenvalue weighted by Gasteiger charge is 2.26. The van der Waals surface area contributed by atoms with Crippen LogP contribution in [0.2, 0.25) is 0 Å². The van der Waals surface area contributed by atoms with Crippen LogP contribution in [0.4, 0.5) is 16.3 Å². The van der Waals surface area contributed by atoms with Gasteiger partial charge in [-0.1, -0.05) is 18.2 Å². The molecular formula is C19H27N5O2. The average Bonchev–Trinajstić information content (AvgIpc) is 3.13. The number of nitrogens with one attached hydrogen (secondary N) is 1. The number of piperidine rings is 1. The lowest BCUT2D eigenvalue weighted by Gasteiger charge is -2.38. The molecule has 7 nitrogen and oxygen atoms in total. The molecule has 0 saturated carbocycles. The van der Waals surface area contributed by atoms with Gasteiger partial charge < -0.3 is 14.5 Å². The molecule has 1 N–H and O–H groups in total. The highest BCUT2D eigenvalue weighted by molar-refractivity contribution is 5.88. The van der Waals surface area contributed by atoms with Gasteiger partial charge in [-0.05, 0) is 25.0 Å². The Kier molecular flexibility index (Phi) is 6.12. The SMILES string of the molecule is COCCn1ccc(NC(=O)N(C)C2CCCN(c3ccccc3)C2)n1. The Labute approximate surface area is 154 Å². The number of anilines is 2. The van der Waals surface area contributed by atoms with Crippen LogP contribution in [0.1, 0.15) is 12.8 Å². The molecule has 140 valence electrons. The smallest absolute Gasteiger partial charge is 0.323 e. The Morgan fingerprint density at radius 3 is 2.92 bits per heavy atom. The molecule has 1 aromatic carbocycles. The molecule has 0 aliphatic carbocycles. The Bertz CT molecular complexity index is 703. The molecule has 1 atom stereocenters. The van der Waals surface area contributed by atoms with Gasteiger partial charge >= 0.3 is 6.03 Å². The molecule has 26 heavy (non-hydrogen) atoms. The van der Waals surface area contributed by atoms with Crippen LogP contribution in [0.3, 0.4) is 0 Å². The normalized spacial score (nSPS) is 17.2. The van der Waals surface area contributed by atoms with Crippen molar-refractivity contribution < 1.29 is 9.53 Å². The predicted molar refractivity (Wildman–Crippen MR) is 103 cm³/mol. The minimum Gasteiger partial charge on any atom is -0.383 e. The van der Waals surface area contributed by atoms with Gasteiger partial charge in [0.1, 0.15) is 0 Å². The summed E-state index contributed by atoms with van der Waals surface area (Å²) in [4.78, 5) is 16.7. The van der Waals surface area contributed by atoms with Crippen molar-refractivity contribution >= 4 is 17.5 Å². The van der Waals surface area contributed by atoms with E-state index in [9.17, 15) is 4.79 Å². The van der Waals surface area contributed by atoms with Crippen molar-refractivity contribution in [2.75, 3.05) is 44.1 Å². The van der Waals surface area contributed by atoms with Gasteiger partial charge in [-0.2, -0.15) is 5.10 Å². The number of para-hydroxylation sites is 1. The van der Waals surface area contributed by atoms with E-state index in [4.69, 9.17) is 4.74 Å². The Morgan fingerprint density at radius 2 is 2.15 bits per heavy atom. The second kappa shape index (κ2) is 8.71. The van der Waals surface area contributed by atoms with Gasteiger partial charge in [0, 0.05) is 45.2 Å². The predicted octanol–water partition coefficient (Wildman–Crippen LogP) is 2.66. The van der Waals surface area contributed by atoms with Crippen LogP contribution in [0, 0.1) is 0 Å². The maximum atomic E-state index is 12.6. The molecule has 7 heteroatoms. The van der Waals surface area contributed by atoms with E-state index in [-0.39, 0.29) is 12.1 Å². The zero-order valence-electron chi connectivity index (χ0n) is 15.5. The molecule has 0 bridgehead atoms. The largest absolute Gasteiger partial charge is 0.383 e. The van der Waals surface area contributed by atoms with Crippen LogP contribution < -0.4 is 10.2 Å². The van der Waals surface area contributed by atoms with Crippen LogP contribution >= 0.6 is 0 Å². The fourth-order valence-corrected chi connectivity index (χ4v) is 3.25. The molecule has 1 aliphatic rings. The summed E-state index contributed by atoms with van der Waals surface area (Å²) in [6, 6.07) is 12.2. The first-order valence-electron chi connectivity index (χ1n) is 9.03. The third kappa shape index (κ3) is 4.54. The molecule has 2 heterocycles. The first kappa shape index (κ1) is 18.3. The molecule has 0 spiro atoms. The maximum absolute atomic E-state index is 12.6. The van der Waals surface area contributed by atoms with Crippen LogP contribution in [-0.4, -0.2) is 60.6 Å². The minimum atomic E-state index is -0.123. The molecule has 1 fully saturated rings. The highest BCUT2D eigenvalue weighted by atomic mass is 16.5. The van der Waals surface area contributed by atoms with Crippen LogP contribution in [0.15, 0.2) is 42.6 Å². The van der Waals surface area contributed by atoms with Crippen molar-refractivity contribution in [3.63, 3.8) is 0 Å². The molecule has 1 saturated heterocycles. The summed E-state index contributed by atoms with van der Waals surface area (Å²) < 4.78 is 6.80. The Hall–Kier alpha value is -2.54. The van der Waals surface area contributed by atoms with Crippen LogP contribution in [0.25, 0.3) is 0 Å². The minimum absolute atomic E-state index is 0.123. The quantitative estimate of drug-likeness (QED) is 0.863. The van der Waals surface area contributed by atoms with Gasteiger partial charge in [-0.25, -0.2) is 4.79 Å². The Balaban J connectivity index is 1.56. The molecule has 2 amide bonds. The number of likely N-dealkylation sites (N-methyl/N-ethyl adjacent to an activating group) is 1. The fraction of sp³-hybridized carbons (Fsp3) is 0.474. The Morgan fingerprint density at radius 1 is 1.35 bits per heavy atom. The second-order valence-electron chi connectivity index (χ2n) is 6.58. The van der Waals surface area contributed by atoms with E-state index < -0.39 is 0 Å². The zero-order chi connectivity index (χ0) is 18.4. The third-order valence-electron chi connectivity index (χ3n) is 4.79. The zero-order valence-corrected chi connectivity index (χ0v) is 15.5. The van der Waals surface area contributed by atoms with Gasteiger partial charge in [0.2, 0.25) is 0 Å². The van der Waals surface area contributed by atoms with Gasteiger partial charge in [-0.3, -0.25) is 10.00 Å². The average molecular weight is 357 g/mol. The second-order valence-corrected chi connectivity index (χ2v) is 6.58. The van der Waals surface area contributed by atoms with E-state index in [0.29, 0.717) is 19.0 Å². The molecule has 3 rings (SSSR count). The van der Waals surface area contributed by atoms with E-state index in [1.54, 1.807) is 22.8 Å². The summed E-state index contributed by atoms with van der Waals surface area (Å²) in [5, 5.41) is 7.23.